The molecule has 0 aliphatic carbocycles. The van der Waals surface area contributed by atoms with Crippen LogP contribution in [0, 0.1) is 6.92 Å². The van der Waals surface area contributed by atoms with Crippen LogP contribution in [0.1, 0.15) is 11.1 Å². The zero-order valence-corrected chi connectivity index (χ0v) is 23.0. The van der Waals surface area contributed by atoms with Crippen LogP contribution in [0.5, 0.6) is 23.0 Å². The van der Waals surface area contributed by atoms with Crippen molar-refractivity contribution < 1.29 is 24.1 Å². The molecule has 0 amide bonds. The molecule has 0 spiro atoms. The number of benzene rings is 3. The molecule has 2 N–H and O–H groups in total. The van der Waals surface area contributed by atoms with Crippen molar-refractivity contribution >= 4 is 51.6 Å². The van der Waals surface area contributed by atoms with Gasteiger partial charge in [0.15, 0.2) is 16.7 Å². The normalized spacial score (nSPS) is 10.8. The van der Waals surface area contributed by atoms with E-state index >= 15 is 0 Å². The number of nitrogens with one attached hydrogen (secondary N) is 1. The van der Waals surface area contributed by atoms with Crippen LogP contribution in [-0.4, -0.2) is 43.0 Å². The third-order valence-corrected chi connectivity index (χ3v) is 6.66. The van der Waals surface area contributed by atoms with Crippen molar-refractivity contribution in [1.29, 1.82) is 0 Å². The quantitative estimate of drug-likeness (QED) is 0.143. The smallest absolute Gasteiger partial charge is 0.290 e. The van der Waals surface area contributed by atoms with Crippen molar-refractivity contribution in [2.75, 3.05) is 26.6 Å². The first-order chi connectivity index (χ1) is 18.4. The molecule has 0 fully saturated rings. The summed E-state index contributed by atoms with van der Waals surface area (Å²) < 4.78 is 17.0. The summed E-state index contributed by atoms with van der Waals surface area (Å²) in [5.41, 5.74) is 3.96. The minimum absolute atomic E-state index is 0.250. The topological polar surface area (TPSA) is 102 Å². The van der Waals surface area contributed by atoms with Gasteiger partial charge in [0.05, 0.1) is 30.4 Å². The second kappa shape index (κ2) is 14.1. The molecule has 0 atom stereocenters. The van der Waals surface area contributed by atoms with Crippen LogP contribution in [0.2, 0.25) is 5.02 Å². The molecule has 0 radical (unpaired) electrons. The van der Waals surface area contributed by atoms with E-state index in [1.54, 1.807) is 51.4 Å². The molecular formula is C28H28ClN3O5S. The maximum atomic E-state index is 8.36. The molecule has 10 heteroatoms. The van der Waals surface area contributed by atoms with Crippen LogP contribution in [0.4, 0.5) is 5.69 Å². The highest BCUT2D eigenvalue weighted by molar-refractivity contribution is 8.13. The van der Waals surface area contributed by atoms with Crippen molar-refractivity contribution in [2.45, 2.75) is 12.7 Å². The first kappa shape index (κ1) is 28.6. The Balaban J connectivity index is 0.00000127. The largest absolute Gasteiger partial charge is 0.493 e. The lowest BCUT2D eigenvalue weighted by molar-refractivity contribution is -0.122. The van der Waals surface area contributed by atoms with Gasteiger partial charge in [0.1, 0.15) is 11.5 Å². The Morgan fingerprint density at radius 1 is 1.05 bits per heavy atom. The number of pyridine rings is 1. The molecule has 38 heavy (non-hydrogen) atoms. The minimum Gasteiger partial charge on any atom is -0.493 e. The van der Waals surface area contributed by atoms with E-state index in [-0.39, 0.29) is 6.47 Å². The van der Waals surface area contributed by atoms with Gasteiger partial charge in [-0.25, -0.2) is 0 Å². The van der Waals surface area contributed by atoms with Gasteiger partial charge in [0.2, 0.25) is 0 Å². The summed E-state index contributed by atoms with van der Waals surface area (Å²) in [6.45, 7) is 1.83. The molecule has 0 bridgehead atoms. The Morgan fingerprint density at radius 2 is 1.74 bits per heavy atom. The molecule has 1 heterocycles. The SMILES string of the molecule is CN=C(Nc1ccc(Oc2ccnc3cc(OC)c(OC)cc23)cc1Cl)SCc1ccc(C)cc1.O=CO. The van der Waals surface area contributed by atoms with E-state index < -0.39 is 0 Å². The van der Waals surface area contributed by atoms with E-state index in [1.807, 2.05) is 24.3 Å². The van der Waals surface area contributed by atoms with Crippen molar-refractivity contribution in [3.05, 3.63) is 83.0 Å². The average molecular weight is 554 g/mol. The molecule has 1 aromatic heterocycles. The van der Waals surface area contributed by atoms with Gasteiger partial charge in [-0.2, -0.15) is 0 Å². The molecule has 0 unspecified atom stereocenters. The summed E-state index contributed by atoms with van der Waals surface area (Å²) in [4.78, 5) is 17.1. The third kappa shape index (κ3) is 7.53. The van der Waals surface area contributed by atoms with Crippen molar-refractivity contribution in [2.24, 2.45) is 4.99 Å². The number of hydrogen-bond acceptors (Lipinski definition) is 7. The lowest BCUT2D eigenvalue weighted by Crippen LogP contribution is -2.08. The predicted octanol–water partition coefficient (Wildman–Crippen LogP) is 7.04. The molecule has 4 rings (SSSR count). The summed E-state index contributed by atoms with van der Waals surface area (Å²) in [6, 6.07) is 19.5. The second-order valence-corrected chi connectivity index (χ2v) is 9.18. The number of carbonyl (C=O) groups is 1. The van der Waals surface area contributed by atoms with Crippen LogP contribution in [0.3, 0.4) is 0 Å². The number of carboxylic acid groups (broad SMARTS) is 1. The van der Waals surface area contributed by atoms with Crippen LogP contribution >= 0.6 is 23.4 Å². The number of aryl methyl sites for hydroxylation is 1. The van der Waals surface area contributed by atoms with Gasteiger partial charge in [-0.05, 0) is 36.8 Å². The number of thioether (sulfide) groups is 1. The highest BCUT2D eigenvalue weighted by atomic mass is 35.5. The maximum absolute atomic E-state index is 8.36. The highest BCUT2D eigenvalue weighted by Crippen LogP contribution is 2.38. The van der Waals surface area contributed by atoms with E-state index in [2.05, 4.69) is 46.5 Å². The van der Waals surface area contributed by atoms with Crippen molar-refractivity contribution in [3.8, 4) is 23.0 Å². The molecule has 0 saturated heterocycles. The predicted molar refractivity (Wildman–Crippen MR) is 155 cm³/mol. The molecule has 8 nitrogen and oxygen atoms in total. The summed E-state index contributed by atoms with van der Waals surface area (Å²) in [6.07, 6.45) is 1.69. The number of nitrogens with zero attached hydrogens (tertiary/aromatic N) is 2. The van der Waals surface area contributed by atoms with E-state index in [9.17, 15) is 0 Å². The van der Waals surface area contributed by atoms with Gasteiger partial charge < -0.3 is 24.6 Å². The van der Waals surface area contributed by atoms with Crippen LogP contribution in [-0.2, 0) is 10.5 Å². The monoisotopic (exact) mass is 553 g/mol. The summed E-state index contributed by atoms with van der Waals surface area (Å²) in [7, 11) is 4.95. The van der Waals surface area contributed by atoms with E-state index in [0.29, 0.717) is 28.0 Å². The standard InChI is InChI=1S/C27H26ClN3O3S.CH2O2/c1-17-5-7-18(8-6-17)16-35-27(29-2)31-22-10-9-19(13-21(22)28)34-24-11-12-30-23-15-26(33-4)25(32-3)14-20(23)24;2-1-3/h5-15H,16H2,1-4H3,(H,29,31);1H,(H,2,3). The second-order valence-electron chi connectivity index (χ2n) is 7.81. The van der Waals surface area contributed by atoms with Crippen LogP contribution < -0.4 is 19.5 Å². The van der Waals surface area contributed by atoms with Gasteiger partial charge in [0.25, 0.3) is 6.47 Å². The van der Waals surface area contributed by atoms with Crippen LogP contribution in [0.25, 0.3) is 10.9 Å². The number of anilines is 1. The Bertz CT molecular complexity index is 1410. The Hall–Kier alpha value is -3.95. The number of fused-ring (bicyclic) bond motifs is 1. The first-order valence-corrected chi connectivity index (χ1v) is 12.8. The zero-order chi connectivity index (χ0) is 27.5. The number of rotatable bonds is 7. The summed E-state index contributed by atoms with van der Waals surface area (Å²) in [5, 5.41) is 12.3. The number of amidine groups is 1. The molecule has 4 aromatic rings. The molecule has 0 aliphatic heterocycles. The fourth-order valence-electron chi connectivity index (χ4n) is 3.43. The third-order valence-electron chi connectivity index (χ3n) is 5.32. The van der Waals surface area contributed by atoms with E-state index in [1.165, 1.54) is 11.1 Å². The lowest BCUT2D eigenvalue weighted by Gasteiger charge is -2.14. The van der Waals surface area contributed by atoms with Crippen molar-refractivity contribution in [3.63, 3.8) is 0 Å². The Morgan fingerprint density at radius 3 is 2.37 bits per heavy atom. The maximum Gasteiger partial charge on any atom is 0.290 e. The first-order valence-electron chi connectivity index (χ1n) is 11.4. The number of methoxy groups -OCH3 is 2. The van der Waals surface area contributed by atoms with Gasteiger partial charge in [-0.1, -0.05) is 53.2 Å². The number of ether oxygens (including phenoxy) is 3. The van der Waals surface area contributed by atoms with Crippen LogP contribution in [0.15, 0.2) is 71.9 Å². The fraction of sp³-hybridized carbons (Fsp3) is 0.179. The van der Waals surface area contributed by atoms with E-state index in [4.69, 9.17) is 35.7 Å². The number of aromatic nitrogens is 1. The number of halogens is 1. The molecule has 0 saturated carbocycles. The lowest BCUT2D eigenvalue weighted by atomic mass is 10.2. The fourth-order valence-corrected chi connectivity index (χ4v) is 4.46. The Kier molecular flexibility index (Phi) is 10.6. The number of aliphatic imine (C=N–C) groups is 1. The van der Waals surface area contributed by atoms with Gasteiger partial charge >= 0.3 is 0 Å². The van der Waals surface area contributed by atoms with Gasteiger partial charge in [0, 0.05) is 36.5 Å². The van der Waals surface area contributed by atoms with E-state index in [0.717, 1.165) is 27.5 Å². The Labute approximate surface area is 230 Å². The summed E-state index contributed by atoms with van der Waals surface area (Å²) in [5.74, 6) is 3.26. The van der Waals surface area contributed by atoms with Gasteiger partial charge in [-0.3, -0.25) is 14.8 Å². The minimum atomic E-state index is -0.250. The zero-order valence-electron chi connectivity index (χ0n) is 21.4. The summed E-state index contributed by atoms with van der Waals surface area (Å²) >= 11 is 8.20. The van der Waals surface area contributed by atoms with Crippen molar-refractivity contribution in [1.82, 2.24) is 4.98 Å². The average Bonchev–Trinajstić information content (AvgIpc) is 2.93. The number of hydrogen-bond donors (Lipinski definition) is 2. The molecule has 0 aliphatic rings. The molecule has 3 aromatic carbocycles. The molecule has 198 valence electrons. The molecular weight excluding hydrogens is 526 g/mol. The van der Waals surface area contributed by atoms with Gasteiger partial charge in [-0.15, -0.1) is 0 Å². The highest BCUT2D eigenvalue weighted by Gasteiger charge is 2.13.